The second-order valence-electron chi connectivity index (χ2n) is 9.53. The van der Waals surface area contributed by atoms with Gasteiger partial charge in [-0.1, -0.05) is 19.6 Å². The molecule has 0 saturated heterocycles. The van der Waals surface area contributed by atoms with E-state index in [1.165, 1.54) is 0 Å². The number of phenolic OH excluding ortho intramolecular Hbond substituents is 1. The van der Waals surface area contributed by atoms with Crippen molar-refractivity contribution in [1.82, 2.24) is 19.3 Å². The fourth-order valence-electron chi connectivity index (χ4n) is 3.86. The summed E-state index contributed by atoms with van der Waals surface area (Å²) in [5.74, 6) is 1.94. The smallest absolute Gasteiger partial charge is 0.157 e. The Kier molecular flexibility index (Phi) is 5.94. The molecule has 3 aromatic rings. The molecule has 0 aliphatic carbocycles. The Bertz CT molecular complexity index is 1070. The predicted molar refractivity (Wildman–Crippen MR) is 123 cm³/mol. The maximum Gasteiger partial charge on any atom is 0.157 e. The first-order chi connectivity index (χ1) is 14.7. The molecule has 7 nitrogen and oxygen atoms in total. The summed E-state index contributed by atoms with van der Waals surface area (Å²) in [5.41, 5.74) is 3.83. The van der Waals surface area contributed by atoms with Crippen LogP contribution in [0.15, 0.2) is 30.5 Å². The topological polar surface area (TPSA) is 74.3 Å². The van der Waals surface area contributed by atoms with Crippen LogP contribution < -0.4 is 4.74 Å². The number of imidazole rings is 1. The van der Waals surface area contributed by atoms with Crippen LogP contribution in [0.25, 0.3) is 11.4 Å². The fourth-order valence-corrected chi connectivity index (χ4v) is 4.62. The highest BCUT2D eigenvalue weighted by molar-refractivity contribution is 6.76. The zero-order valence-corrected chi connectivity index (χ0v) is 20.1. The average molecular weight is 441 g/mol. The highest BCUT2D eigenvalue weighted by Crippen LogP contribution is 2.37. The molecule has 1 atom stereocenters. The minimum absolute atomic E-state index is 0.166. The van der Waals surface area contributed by atoms with Crippen molar-refractivity contribution in [2.24, 2.45) is 7.05 Å². The van der Waals surface area contributed by atoms with Crippen LogP contribution in [0, 0.1) is 6.92 Å². The van der Waals surface area contributed by atoms with Gasteiger partial charge in [0.25, 0.3) is 0 Å². The van der Waals surface area contributed by atoms with Gasteiger partial charge in [0, 0.05) is 27.9 Å². The Morgan fingerprint density at radius 3 is 2.77 bits per heavy atom. The number of aromatic hydroxyl groups is 1. The molecule has 1 aromatic carbocycles. The van der Waals surface area contributed by atoms with Gasteiger partial charge < -0.3 is 19.1 Å². The zero-order valence-electron chi connectivity index (χ0n) is 19.1. The van der Waals surface area contributed by atoms with Crippen molar-refractivity contribution in [3.63, 3.8) is 0 Å². The van der Waals surface area contributed by atoms with E-state index in [4.69, 9.17) is 14.5 Å². The van der Waals surface area contributed by atoms with E-state index in [0.717, 1.165) is 59.7 Å². The summed E-state index contributed by atoms with van der Waals surface area (Å²) >= 11 is 0. The van der Waals surface area contributed by atoms with Crippen molar-refractivity contribution in [1.29, 1.82) is 0 Å². The molecule has 4 rings (SSSR count). The van der Waals surface area contributed by atoms with E-state index >= 15 is 0 Å². The largest absolute Gasteiger partial charge is 0.508 e. The summed E-state index contributed by atoms with van der Waals surface area (Å²) < 4.78 is 16.3. The second-order valence-corrected chi connectivity index (χ2v) is 15.2. The van der Waals surface area contributed by atoms with Gasteiger partial charge in [0.2, 0.25) is 0 Å². The highest BCUT2D eigenvalue weighted by atomic mass is 28.3. The molecule has 1 unspecified atom stereocenters. The van der Waals surface area contributed by atoms with E-state index in [2.05, 4.69) is 29.3 Å². The molecule has 0 bridgehead atoms. The normalized spacial score (nSPS) is 16.2. The van der Waals surface area contributed by atoms with Crippen molar-refractivity contribution < 1.29 is 14.6 Å². The third-order valence-electron chi connectivity index (χ3n) is 5.58. The second kappa shape index (κ2) is 8.51. The molecule has 1 N–H and O–H groups in total. The standard InChI is InChI=1S/C23H32N4O3Si/c1-16-12-20(26(2)25-16)19-14-27(15-29-10-11-31(3,4)5)23(24-19)22-8-6-17-13-18(28)7-9-21(17)30-22/h7,9,12-14,22,28H,6,8,10-11,15H2,1-5H3. The van der Waals surface area contributed by atoms with Crippen LogP contribution in [0.1, 0.15) is 29.6 Å². The van der Waals surface area contributed by atoms with E-state index in [1.54, 1.807) is 12.1 Å². The Hall–Kier alpha value is -2.58. The van der Waals surface area contributed by atoms with Crippen LogP contribution in [0.5, 0.6) is 11.5 Å². The molecule has 166 valence electrons. The third kappa shape index (κ3) is 5.02. The van der Waals surface area contributed by atoms with Crippen LogP contribution in [0.4, 0.5) is 0 Å². The maximum atomic E-state index is 9.76. The lowest BCUT2D eigenvalue weighted by atomic mass is 10.0. The van der Waals surface area contributed by atoms with Crippen LogP contribution >= 0.6 is 0 Å². The Balaban J connectivity index is 1.60. The molecule has 0 saturated carbocycles. The number of phenols is 1. The van der Waals surface area contributed by atoms with Crippen molar-refractivity contribution in [3.8, 4) is 22.9 Å². The Morgan fingerprint density at radius 2 is 2.06 bits per heavy atom. The fraction of sp³-hybridized carbons (Fsp3) is 0.478. The molecule has 8 heteroatoms. The van der Waals surface area contributed by atoms with E-state index in [0.29, 0.717) is 6.73 Å². The van der Waals surface area contributed by atoms with Crippen molar-refractivity contribution in [2.75, 3.05) is 6.61 Å². The molecule has 2 aromatic heterocycles. The number of rotatable bonds is 7. The molecule has 0 fully saturated rings. The first kappa shape index (κ1) is 21.6. The summed E-state index contributed by atoms with van der Waals surface area (Å²) in [7, 11) is 0.791. The average Bonchev–Trinajstić information content (AvgIpc) is 3.26. The van der Waals surface area contributed by atoms with E-state index < -0.39 is 8.07 Å². The van der Waals surface area contributed by atoms with Crippen LogP contribution in [0.3, 0.4) is 0 Å². The number of aryl methyl sites for hydroxylation is 3. The molecular formula is C23H32N4O3Si. The first-order valence-corrected chi connectivity index (χ1v) is 14.5. The molecule has 0 spiro atoms. The van der Waals surface area contributed by atoms with Gasteiger partial charge in [-0.3, -0.25) is 4.68 Å². The van der Waals surface area contributed by atoms with Gasteiger partial charge in [-0.25, -0.2) is 4.98 Å². The Labute approximate surface area is 184 Å². The van der Waals surface area contributed by atoms with E-state index in [-0.39, 0.29) is 11.9 Å². The molecule has 1 aliphatic rings. The zero-order chi connectivity index (χ0) is 22.2. The SMILES string of the molecule is Cc1cc(-c2cn(COCC[Si](C)(C)C)c(C3CCc4cc(O)ccc4O3)n2)n(C)n1. The number of benzene rings is 1. The van der Waals surface area contributed by atoms with Crippen LogP contribution in [-0.2, 0) is 24.9 Å². The summed E-state index contributed by atoms with van der Waals surface area (Å²) in [6.07, 6.45) is 3.50. The lowest BCUT2D eigenvalue weighted by Gasteiger charge is -2.26. The molecule has 0 radical (unpaired) electrons. The lowest BCUT2D eigenvalue weighted by Crippen LogP contribution is -2.23. The van der Waals surface area contributed by atoms with Gasteiger partial charge in [0.05, 0.1) is 11.4 Å². The monoisotopic (exact) mass is 440 g/mol. The molecule has 1 aliphatic heterocycles. The van der Waals surface area contributed by atoms with Crippen LogP contribution in [-0.4, -0.2) is 39.1 Å². The predicted octanol–water partition coefficient (Wildman–Crippen LogP) is 4.68. The van der Waals surface area contributed by atoms with Crippen molar-refractivity contribution in [3.05, 3.63) is 47.5 Å². The highest BCUT2D eigenvalue weighted by Gasteiger charge is 2.27. The van der Waals surface area contributed by atoms with Gasteiger partial charge in [-0.05, 0) is 55.6 Å². The summed E-state index contributed by atoms with van der Waals surface area (Å²) in [4.78, 5) is 4.95. The van der Waals surface area contributed by atoms with Crippen molar-refractivity contribution >= 4 is 8.07 Å². The molecular weight excluding hydrogens is 408 g/mol. The van der Waals surface area contributed by atoms with Crippen LogP contribution in [0.2, 0.25) is 25.7 Å². The summed E-state index contributed by atoms with van der Waals surface area (Å²) in [6, 6.07) is 8.45. The summed E-state index contributed by atoms with van der Waals surface area (Å²) in [5, 5.41) is 14.2. The van der Waals surface area contributed by atoms with E-state index in [9.17, 15) is 5.11 Å². The minimum atomic E-state index is -1.14. The Morgan fingerprint density at radius 1 is 1.26 bits per heavy atom. The van der Waals surface area contributed by atoms with Gasteiger partial charge in [0.15, 0.2) is 11.9 Å². The van der Waals surface area contributed by atoms with Gasteiger partial charge in [0.1, 0.15) is 23.9 Å². The van der Waals surface area contributed by atoms with Crippen molar-refractivity contribution in [2.45, 2.75) is 58.3 Å². The number of ether oxygens (including phenoxy) is 2. The number of hydrogen-bond donors (Lipinski definition) is 1. The molecule has 31 heavy (non-hydrogen) atoms. The first-order valence-electron chi connectivity index (χ1n) is 10.8. The van der Waals surface area contributed by atoms with Gasteiger partial charge in [-0.2, -0.15) is 5.10 Å². The minimum Gasteiger partial charge on any atom is -0.508 e. The molecule has 0 amide bonds. The number of aromatic nitrogens is 4. The van der Waals surface area contributed by atoms with E-state index in [1.807, 2.05) is 37.0 Å². The lowest BCUT2D eigenvalue weighted by molar-refractivity contribution is 0.0754. The van der Waals surface area contributed by atoms with Gasteiger partial charge in [-0.15, -0.1) is 0 Å². The third-order valence-corrected chi connectivity index (χ3v) is 7.28. The maximum absolute atomic E-state index is 9.76. The van der Waals surface area contributed by atoms with Gasteiger partial charge >= 0.3 is 0 Å². The summed E-state index contributed by atoms with van der Waals surface area (Å²) in [6.45, 7) is 10.2. The quantitative estimate of drug-likeness (QED) is 0.427. The number of hydrogen-bond acceptors (Lipinski definition) is 5. The molecule has 3 heterocycles. The number of nitrogens with zero attached hydrogens (tertiary/aromatic N) is 4. The number of fused-ring (bicyclic) bond motifs is 1.